The van der Waals surface area contributed by atoms with Crippen molar-refractivity contribution in [1.82, 2.24) is 9.97 Å². The lowest BCUT2D eigenvalue weighted by atomic mass is 10.1. The molecule has 2 aromatic heterocycles. The largest absolute Gasteiger partial charge is 0.454 e. The zero-order valence-electron chi connectivity index (χ0n) is 13.4. The van der Waals surface area contributed by atoms with Crippen LogP contribution in [0.5, 0.6) is 0 Å². The van der Waals surface area contributed by atoms with Gasteiger partial charge in [0.05, 0.1) is 10.9 Å². The number of esters is 1. The molecule has 0 atom stereocenters. The van der Waals surface area contributed by atoms with Gasteiger partial charge in [-0.15, -0.1) is 11.3 Å². The summed E-state index contributed by atoms with van der Waals surface area (Å²) < 4.78 is 18.6. The third-order valence-electron chi connectivity index (χ3n) is 3.84. The van der Waals surface area contributed by atoms with E-state index >= 15 is 0 Å². The van der Waals surface area contributed by atoms with Gasteiger partial charge in [0.1, 0.15) is 23.1 Å². The molecule has 0 aliphatic heterocycles. The molecule has 24 heavy (non-hydrogen) atoms. The Hall–Kier alpha value is -2.54. The Balaban J connectivity index is 1.81. The summed E-state index contributed by atoms with van der Waals surface area (Å²) in [5, 5.41) is 0.563. The van der Waals surface area contributed by atoms with E-state index < -0.39 is 11.8 Å². The van der Waals surface area contributed by atoms with Crippen molar-refractivity contribution in [3.8, 4) is 0 Å². The highest BCUT2D eigenvalue weighted by Gasteiger charge is 2.14. The number of nitrogens with one attached hydrogen (secondary N) is 1. The third-order valence-corrected chi connectivity index (χ3v) is 4.94. The molecular weight excluding hydrogens is 331 g/mol. The van der Waals surface area contributed by atoms with Gasteiger partial charge < -0.3 is 9.72 Å². The van der Waals surface area contributed by atoms with Crippen LogP contribution in [0.2, 0.25) is 0 Å². The smallest absolute Gasteiger partial charge is 0.338 e. The van der Waals surface area contributed by atoms with Gasteiger partial charge in [-0.2, -0.15) is 0 Å². The van der Waals surface area contributed by atoms with Gasteiger partial charge in [-0.25, -0.2) is 14.2 Å². The van der Waals surface area contributed by atoms with Crippen molar-refractivity contribution in [2.24, 2.45) is 0 Å². The summed E-state index contributed by atoms with van der Waals surface area (Å²) in [5.41, 5.74) is 1.22. The maximum Gasteiger partial charge on any atom is 0.338 e. The molecule has 5 nitrogen and oxygen atoms in total. The zero-order valence-corrected chi connectivity index (χ0v) is 14.2. The number of thiophene rings is 1. The van der Waals surface area contributed by atoms with Crippen LogP contribution >= 0.6 is 11.3 Å². The highest BCUT2D eigenvalue weighted by molar-refractivity contribution is 7.18. The van der Waals surface area contributed by atoms with Gasteiger partial charge in [-0.05, 0) is 44.0 Å². The van der Waals surface area contributed by atoms with Gasteiger partial charge in [0, 0.05) is 4.88 Å². The molecule has 0 spiro atoms. The Morgan fingerprint density at radius 1 is 1.33 bits per heavy atom. The fourth-order valence-corrected chi connectivity index (χ4v) is 3.35. The van der Waals surface area contributed by atoms with Crippen molar-refractivity contribution < 1.29 is 13.9 Å². The number of aryl methyl sites for hydroxylation is 3. The quantitative estimate of drug-likeness (QED) is 0.738. The summed E-state index contributed by atoms with van der Waals surface area (Å²) in [6.07, 6.45) is 0. The van der Waals surface area contributed by atoms with Gasteiger partial charge in [-0.3, -0.25) is 4.79 Å². The second-order valence-corrected chi connectivity index (χ2v) is 6.72. The number of benzene rings is 1. The fourth-order valence-electron chi connectivity index (χ4n) is 2.30. The molecule has 0 unspecified atom stereocenters. The number of halogens is 1. The number of H-pyrrole nitrogens is 1. The van der Waals surface area contributed by atoms with Crippen molar-refractivity contribution in [2.45, 2.75) is 27.4 Å². The standard InChI is InChI=1S/C17H15FN2O3S/c1-8-4-5-11(6-12(8)18)17(22)23-7-13-19-15(21)14-9(2)10(3)24-16(14)20-13/h4-6H,7H2,1-3H3,(H,19,20,21). The molecule has 0 amide bonds. The molecule has 1 N–H and O–H groups in total. The summed E-state index contributed by atoms with van der Waals surface area (Å²) in [6.45, 7) is 5.22. The maximum absolute atomic E-state index is 13.5. The SMILES string of the molecule is Cc1ccc(C(=O)OCc2nc3sc(C)c(C)c3c(=O)[nH]2)cc1F. The summed E-state index contributed by atoms with van der Waals surface area (Å²) in [7, 11) is 0. The molecule has 7 heteroatoms. The Labute approximate surface area is 141 Å². The van der Waals surface area contributed by atoms with Crippen molar-refractivity contribution in [3.05, 3.63) is 61.8 Å². The number of carbonyl (C=O) groups is 1. The average Bonchev–Trinajstić information content (AvgIpc) is 2.82. The monoisotopic (exact) mass is 346 g/mol. The van der Waals surface area contributed by atoms with Gasteiger partial charge >= 0.3 is 5.97 Å². The van der Waals surface area contributed by atoms with E-state index in [1.807, 2.05) is 13.8 Å². The molecule has 0 aliphatic carbocycles. The Bertz CT molecular complexity index is 1010. The molecule has 0 saturated heterocycles. The number of hydrogen-bond acceptors (Lipinski definition) is 5. The van der Waals surface area contributed by atoms with E-state index in [1.54, 1.807) is 6.92 Å². The first kappa shape index (κ1) is 16.3. The molecule has 0 bridgehead atoms. The van der Waals surface area contributed by atoms with Crippen LogP contribution in [0.25, 0.3) is 10.2 Å². The minimum atomic E-state index is -0.671. The molecule has 2 heterocycles. The summed E-state index contributed by atoms with van der Waals surface area (Å²) >= 11 is 1.42. The van der Waals surface area contributed by atoms with Crippen LogP contribution in [-0.2, 0) is 11.3 Å². The highest BCUT2D eigenvalue weighted by atomic mass is 32.1. The van der Waals surface area contributed by atoms with E-state index in [0.717, 1.165) is 16.5 Å². The Kier molecular flexibility index (Phi) is 4.19. The number of aromatic amines is 1. The van der Waals surface area contributed by atoms with Crippen LogP contribution in [0, 0.1) is 26.6 Å². The van der Waals surface area contributed by atoms with E-state index in [-0.39, 0.29) is 23.6 Å². The lowest BCUT2D eigenvalue weighted by molar-refractivity contribution is 0.0462. The topological polar surface area (TPSA) is 72.0 Å². The molecule has 3 rings (SSSR count). The molecule has 3 aromatic rings. The molecule has 0 radical (unpaired) electrons. The predicted octanol–water partition coefficient (Wildman–Crippen LogP) is 3.41. The number of aromatic nitrogens is 2. The van der Waals surface area contributed by atoms with Crippen LogP contribution < -0.4 is 5.56 Å². The second-order valence-electron chi connectivity index (χ2n) is 5.52. The summed E-state index contributed by atoms with van der Waals surface area (Å²) in [6, 6.07) is 4.13. The lowest BCUT2D eigenvalue weighted by Crippen LogP contribution is -2.14. The maximum atomic E-state index is 13.5. The van der Waals surface area contributed by atoms with Gasteiger partial charge in [0.25, 0.3) is 5.56 Å². The van der Waals surface area contributed by atoms with Crippen LogP contribution in [0.1, 0.15) is 32.2 Å². The Morgan fingerprint density at radius 3 is 2.79 bits per heavy atom. The minimum Gasteiger partial charge on any atom is -0.454 e. The first-order valence-electron chi connectivity index (χ1n) is 7.29. The predicted molar refractivity (Wildman–Crippen MR) is 90.0 cm³/mol. The first-order chi connectivity index (χ1) is 11.4. The van der Waals surface area contributed by atoms with Crippen molar-refractivity contribution in [3.63, 3.8) is 0 Å². The minimum absolute atomic E-state index is 0.115. The van der Waals surface area contributed by atoms with Gasteiger partial charge in [-0.1, -0.05) is 6.07 Å². The fraction of sp³-hybridized carbons (Fsp3) is 0.235. The number of fused-ring (bicyclic) bond motifs is 1. The second kappa shape index (κ2) is 6.16. The third kappa shape index (κ3) is 2.94. The van der Waals surface area contributed by atoms with E-state index in [1.165, 1.54) is 23.5 Å². The number of hydrogen-bond donors (Lipinski definition) is 1. The van der Waals surface area contributed by atoms with Gasteiger partial charge in [0.2, 0.25) is 0 Å². The summed E-state index contributed by atoms with van der Waals surface area (Å²) in [5.74, 6) is -0.883. The highest BCUT2D eigenvalue weighted by Crippen LogP contribution is 2.25. The molecular formula is C17H15FN2O3S. The number of ether oxygens (including phenoxy) is 1. The number of nitrogens with zero attached hydrogens (tertiary/aromatic N) is 1. The van der Waals surface area contributed by atoms with Crippen LogP contribution in [-0.4, -0.2) is 15.9 Å². The first-order valence-corrected chi connectivity index (χ1v) is 8.10. The molecule has 0 aliphatic rings. The molecule has 0 saturated carbocycles. The van der Waals surface area contributed by atoms with Gasteiger partial charge in [0.15, 0.2) is 0 Å². The van der Waals surface area contributed by atoms with Crippen molar-refractivity contribution in [2.75, 3.05) is 0 Å². The van der Waals surface area contributed by atoms with Crippen LogP contribution in [0.4, 0.5) is 4.39 Å². The van der Waals surface area contributed by atoms with Crippen LogP contribution in [0.3, 0.4) is 0 Å². The zero-order chi connectivity index (χ0) is 17.4. The average molecular weight is 346 g/mol. The lowest BCUT2D eigenvalue weighted by Gasteiger charge is -2.05. The van der Waals surface area contributed by atoms with E-state index in [2.05, 4.69) is 9.97 Å². The molecule has 1 aromatic carbocycles. The van der Waals surface area contributed by atoms with E-state index in [9.17, 15) is 14.0 Å². The van der Waals surface area contributed by atoms with Crippen molar-refractivity contribution >= 4 is 27.5 Å². The summed E-state index contributed by atoms with van der Waals surface area (Å²) in [4.78, 5) is 32.7. The normalized spacial score (nSPS) is 11.0. The van der Waals surface area contributed by atoms with E-state index in [4.69, 9.17) is 4.74 Å². The number of carbonyl (C=O) groups excluding carboxylic acids is 1. The van der Waals surface area contributed by atoms with E-state index in [0.29, 0.717) is 15.8 Å². The number of rotatable bonds is 3. The Morgan fingerprint density at radius 2 is 2.08 bits per heavy atom. The van der Waals surface area contributed by atoms with Crippen molar-refractivity contribution in [1.29, 1.82) is 0 Å². The van der Waals surface area contributed by atoms with Crippen LogP contribution in [0.15, 0.2) is 23.0 Å². The molecule has 0 fully saturated rings. The molecule has 124 valence electrons.